The van der Waals surface area contributed by atoms with E-state index in [0.29, 0.717) is 0 Å². The molecule has 2 aliphatic heterocycles. The first-order valence-electron chi connectivity index (χ1n) is 12.7. The van der Waals surface area contributed by atoms with Crippen molar-refractivity contribution in [3.63, 3.8) is 0 Å². The van der Waals surface area contributed by atoms with Gasteiger partial charge in [-0.25, -0.2) is 0 Å². The van der Waals surface area contributed by atoms with E-state index in [1.165, 1.54) is 28.3 Å². The van der Waals surface area contributed by atoms with Gasteiger partial charge in [0.25, 0.3) is 0 Å². The molecule has 3 aromatic rings. The first-order chi connectivity index (χ1) is 17.1. The second-order valence-corrected chi connectivity index (χ2v) is 9.84. The van der Waals surface area contributed by atoms with Gasteiger partial charge in [0.15, 0.2) is 5.11 Å². The summed E-state index contributed by atoms with van der Waals surface area (Å²) in [5.74, 6) is 0. The molecule has 2 saturated heterocycles. The number of hydrogen-bond donors (Lipinski definition) is 1. The molecule has 0 amide bonds. The smallest absolute Gasteiger partial charge is 0.170 e. The van der Waals surface area contributed by atoms with Crippen LogP contribution in [-0.2, 0) is 4.74 Å². The highest BCUT2D eigenvalue weighted by atomic mass is 32.1. The zero-order chi connectivity index (χ0) is 24.4. The van der Waals surface area contributed by atoms with Crippen LogP contribution in [-0.4, -0.2) is 52.4 Å². The summed E-state index contributed by atoms with van der Waals surface area (Å²) < 4.78 is 7.88. The van der Waals surface area contributed by atoms with E-state index in [2.05, 4.69) is 87.9 Å². The molecule has 0 spiro atoms. The SMILES string of the molecule is CCCCN1C(=S)N[C@H](c2ccccn2)[C@@H]1c1cc(C)n(-c2ccc(N3CCOCC3)cc2)c1C. The molecule has 1 N–H and O–H groups in total. The average molecular weight is 490 g/mol. The molecular formula is C28H35N5OS. The third kappa shape index (κ3) is 4.67. The molecule has 0 aliphatic carbocycles. The summed E-state index contributed by atoms with van der Waals surface area (Å²) in [6.45, 7) is 11.1. The second-order valence-electron chi connectivity index (χ2n) is 9.45. The number of rotatable bonds is 7. The fraction of sp³-hybridized carbons (Fsp3) is 0.429. The molecule has 7 heteroatoms. The largest absolute Gasteiger partial charge is 0.378 e. The Hall–Kier alpha value is -2.90. The minimum Gasteiger partial charge on any atom is -0.378 e. The molecule has 0 saturated carbocycles. The van der Waals surface area contributed by atoms with E-state index >= 15 is 0 Å². The highest BCUT2D eigenvalue weighted by Gasteiger charge is 2.41. The lowest BCUT2D eigenvalue weighted by Crippen LogP contribution is -2.36. The van der Waals surface area contributed by atoms with Gasteiger partial charge in [-0.05, 0) is 80.5 Å². The molecule has 2 fully saturated rings. The molecule has 35 heavy (non-hydrogen) atoms. The third-order valence-electron chi connectivity index (χ3n) is 7.22. The standard InChI is InChI=1S/C28H35N5OS/c1-4-5-14-32-27(26(30-28(32)35)25-8-6-7-13-29-25)24-19-20(2)33(21(24)3)23-11-9-22(10-12-23)31-15-17-34-18-16-31/h6-13,19,26-27H,4-5,14-18H2,1-3H3,(H,30,35)/t26-,27+/m1/s1. The molecule has 2 aliphatic rings. The van der Waals surface area contributed by atoms with Crippen LogP contribution in [0.1, 0.15) is 54.5 Å². The van der Waals surface area contributed by atoms with Gasteiger partial charge in [-0.1, -0.05) is 19.4 Å². The number of anilines is 1. The van der Waals surface area contributed by atoms with E-state index in [-0.39, 0.29) is 12.1 Å². The Bertz CT molecular complexity index is 1150. The molecule has 0 unspecified atom stereocenters. The monoisotopic (exact) mass is 489 g/mol. The van der Waals surface area contributed by atoms with Crippen LogP contribution in [0.15, 0.2) is 54.7 Å². The van der Waals surface area contributed by atoms with Gasteiger partial charge >= 0.3 is 0 Å². The quantitative estimate of drug-likeness (QED) is 0.466. The Morgan fingerprint density at radius 1 is 1.06 bits per heavy atom. The number of unbranched alkanes of at least 4 members (excludes halogenated alkanes) is 1. The van der Waals surface area contributed by atoms with Crippen LogP contribution in [0.4, 0.5) is 5.69 Å². The van der Waals surface area contributed by atoms with Gasteiger partial charge in [-0.2, -0.15) is 0 Å². The fourth-order valence-electron chi connectivity index (χ4n) is 5.43. The van der Waals surface area contributed by atoms with Crippen molar-refractivity contribution in [2.24, 2.45) is 0 Å². The highest BCUT2D eigenvalue weighted by molar-refractivity contribution is 7.80. The number of morpholine rings is 1. The molecule has 184 valence electrons. The summed E-state index contributed by atoms with van der Waals surface area (Å²) in [6.07, 6.45) is 4.11. The topological polar surface area (TPSA) is 45.6 Å². The van der Waals surface area contributed by atoms with Crippen LogP contribution in [0.25, 0.3) is 5.69 Å². The number of hydrogen-bond acceptors (Lipinski definition) is 4. The van der Waals surface area contributed by atoms with Crippen LogP contribution in [0.2, 0.25) is 0 Å². The summed E-state index contributed by atoms with van der Waals surface area (Å²) in [5, 5.41) is 4.41. The number of benzene rings is 1. The lowest BCUT2D eigenvalue weighted by atomic mass is 9.96. The van der Waals surface area contributed by atoms with Gasteiger partial charge in [0.1, 0.15) is 0 Å². The first kappa shape index (κ1) is 23.8. The molecule has 5 rings (SSSR count). The number of aryl methyl sites for hydroxylation is 1. The molecule has 1 aromatic carbocycles. The molecule has 2 atom stereocenters. The van der Waals surface area contributed by atoms with Crippen LogP contribution < -0.4 is 10.2 Å². The summed E-state index contributed by atoms with van der Waals surface area (Å²) in [4.78, 5) is 9.45. The second kappa shape index (κ2) is 10.4. The van der Waals surface area contributed by atoms with Crippen LogP contribution in [0, 0.1) is 13.8 Å². The van der Waals surface area contributed by atoms with Gasteiger partial charge in [-0.15, -0.1) is 0 Å². The molecule has 2 aromatic heterocycles. The number of pyridine rings is 1. The normalized spacial score (nSPS) is 20.4. The predicted molar refractivity (Wildman–Crippen MR) is 145 cm³/mol. The molecular weight excluding hydrogens is 454 g/mol. The zero-order valence-corrected chi connectivity index (χ0v) is 21.7. The van der Waals surface area contributed by atoms with Crippen molar-refractivity contribution in [1.29, 1.82) is 0 Å². The van der Waals surface area contributed by atoms with Crippen LogP contribution in [0.3, 0.4) is 0 Å². The maximum atomic E-state index is 5.83. The molecule has 6 nitrogen and oxygen atoms in total. The van der Waals surface area contributed by atoms with Crippen molar-refractivity contribution in [1.82, 2.24) is 19.8 Å². The van der Waals surface area contributed by atoms with Crippen molar-refractivity contribution in [2.75, 3.05) is 37.7 Å². The molecule has 0 radical (unpaired) electrons. The number of aromatic nitrogens is 2. The maximum Gasteiger partial charge on any atom is 0.170 e. The Labute approximate surface area is 213 Å². The van der Waals surface area contributed by atoms with Crippen molar-refractivity contribution >= 4 is 23.0 Å². The van der Waals surface area contributed by atoms with Crippen molar-refractivity contribution in [2.45, 2.75) is 45.7 Å². The summed E-state index contributed by atoms with van der Waals surface area (Å²) >= 11 is 5.83. The number of nitrogens with zero attached hydrogens (tertiary/aromatic N) is 4. The van der Waals surface area contributed by atoms with Gasteiger partial charge in [0.05, 0.1) is 31.0 Å². The highest BCUT2D eigenvalue weighted by Crippen LogP contribution is 2.41. The van der Waals surface area contributed by atoms with Gasteiger partial charge in [0, 0.05) is 48.6 Å². The fourth-order valence-corrected chi connectivity index (χ4v) is 5.76. The Morgan fingerprint density at radius 3 is 2.49 bits per heavy atom. The first-order valence-corrected chi connectivity index (χ1v) is 13.1. The van der Waals surface area contributed by atoms with Gasteiger partial charge in [-0.3, -0.25) is 4.98 Å². The lowest BCUT2D eigenvalue weighted by molar-refractivity contribution is 0.122. The van der Waals surface area contributed by atoms with E-state index in [0.717, 1.165) is 56.5 Å². The van der Waals surface area contributed by atoms with E-state index in [1.54, 1.807) is 0 Å². The number of thiocarbonyl (C=S) groups is 1. The minimum absolute atomic E-state index is 0.0261. The van der Waals surface area contributed by atoms with E-state index < -0.39 is 0 Å². The Balaban J connectivity index is 1.50. The number of nitrogens with one attached hydrogen (secondary N) is 1. The lowest BCUT2D eigenvalue weighted by Gasteiger charge is -2.29. The van der Waals surface area contributed by atoms with Crippen molar-refractivity contribution in [3.8, 4) is 5.69 Å². The average Bonchev–Trinajstić information content (AvgIpc) is 3.38. The van der Waals surface area contributed by atoms with Crippen LogP contribution in [0.5, 0.6) is 0 Å². The van der Waals surface area contributed by atoms with E-state index in [1.807, 2.05) is 12.3 Å². The Morgan fingerprint density at radius 2 is 1.80 bits per heavy atom. The van der Waals surface area contributed by atoms with Crippen LogP contribution >= 0.6 is 12.2 Å². The summed E-state index contributed by atoms with van der Waals surface area (Å²) in [5.41, 5.74) is 7.25. The predicted octanol–water partition coefficient (Wildman–Crippen LogP) is 5.10. The summed E-state index contributed by atoms with van der Waals surface area (Å²) in [6, 6.07) is 17.5. The van der Waals surface area contributed by atoms with Gasteiger partial charge in [0.2, 0.25) is 0 Å². The zero-order valence-electron chi connectivity index (χ0n) is 20.9. The van der Waals surface area contributed by atoms with Crippen molar-refractivity contribution < 1.29 is 4.74 Å². The van der Waals surface area contributed by atoms with E-state index in [4.69, 9.17) is 17.0 Å². The maximum absolute atomic E-state index is 5.83. The summed E-state index contributed by atoms with van der Waals surface area (Å²) in [7, 11) is 0. The van der Waals surface area contributed by atoms with Gasteiger partial charge < -0.3 is 24.4 Å². The van der Waals surface area contributed by atoms with Crippen molar-refractivity contribution in [3.05, 3.63) is 77.4 Å². The third-order valence-corrected chi connectivity index (χ3v) is 7.58. The molecule has 4 heterocycles. The Kier molecular flexibility index (Phi) is 7.07. The minimum atomic E-state index is 0.0261. The van der Waals surface area contributed by atoms with E-state index in [9.17, 15) is 0 Å². The number of ether oxygens (including phenoxy) is 1. The molecule has 0 bridgehead atoms.